The van der Waals surface area contributed by atoms with Gasteiger partial charge in [0.1, 0.15) is 0 Å². The average molecular weight is 240 g/mol. The predicted octanol–water partition coefficient (Wildman–Crippen LogP) is 4.18. The Morgan fingerprint density at radius 2 is 2.06 bits per heavy atom. The van der Waals surface area contributed by atoms with E-state index in [1.54, 1.807) is 0 Å². The van der Waals surface area contributed by atoms with Crippen LogP contribution in [0.15, 0.2) is 18.2 Å². The number of benzene rings is 1. The fourth-order valence-corrected chi connectivity index (χ4v) is 1.89. The monoisotopic (exact) mass is 239 g/mol. The van der Waals surface area contributed by atoms with E-state index in [1.807, 2.05) is 0 Å². The first-order valence-corrected chi connectivity index (χ1v) is 6.52. The van der Waals surface area contributed by atoms with E-state index in [2.05, 4.69) is 44.3 Å². The van der Waals surface area contributed by atoms with Crippen LogP contribution in [0.4, 0.5) is 0 Å². The molecule has 1 nitrogen and oxygen atoms in total. The van der Waals surface area contributed by atoms with Gasteiger partial charge in [0.25, 0.3) is 0 Å². The highest BCUT2D eigenvalue weighted by Crippen LogP contribution is 2.20. The van der Waals surface area contributed by atoms with Gasteiger partial charge in [0.05, 0.1) is 0 Å². The molecule has 0 saturated heterocycles. The zero-order valence-electron chi connectivity index (χ0n) is 10.5. The lowest BCUT2D eigenvalue weighted by Gasteiger charge is -2.10. The molecular formula is C14H22ClN. The Labute approximate surface area is 104 Å². The molecule has 0 fully saturated rings. The first-order chi connectivity index (χ1) is 7.63. The van der Waals surface area contributed by atoms with Crippen molar-refractivity contribution in [2.24, 2.45) is 0 Å². The van der Waals surface area contributed by atoms with Gasteiger partial charge in [0, 0.05) is 17.6 Å². The summed E-state index contributed by atoms with van der Waals surface area (Å²) in [5.74, 6) is 0. The molecule has 0 radical (unpaired) electrons. The molecule has 16 heavy (non-hydrogen) atoms. The molecule has 0 atom stereocenters. The molecule has 1 rings (SSSR count). The highest BCUT2D eigenvalue weighted by Gasteiger charge is 2.02. The minimum absolute atomic E-state index is 0.513. The Bertz CT molecular complexity index is 321. The van der Waals surface area contributed by atoms with Crippen molar-refractivity contribution in [1.82, 2.24) is 5.32 Å². The van der Waals surface area contributed by atoms with Crippen molar-refractivity contribution >= 4 is 11.6 Å². The zero-order valence-corrected chi connectivity index (χ0v) is 11.3. The Morgan fingerprint density at radius 3 is 2.62 bits per heavy atom. The molecule has 0 aliphatic carbocycles. The zero-order chi connectivity index (χ0) is 12.0. The number of unbranched alkanes of at least 4 members (excludes halogenated alkanes) is 1. The van der Waals surface area contributed by atoms with Crippen molar-refractivity contribution in [2.75, 3.05) is 0 Å². The molecule has 1 aromatic carbocycles. The van der Waals surface area contributed by atoms with E-state index < -0.39 is 0 Å². The summed E-state index contributed by atoms with van der Waals surface area (Å²) in [7, 11) is 0. The van der Waals surface area contributed by atoms with Gasteiger partial charge in [-0.15, -0.1) is 0 Å². The van der Waals surface area contributed by atoms with Crippen LogP contribution in [0.5, 0.6) is 0 Å². The Kier molecular flexibility index (Phi) is 5.86. The van der Waals surface area contributed by atoms with Gasteiger partial charge in [-0.05, 0) is 30.0 Å². The predicted molar refractivity (Wildman–Crippen MR) is 72.0 cm³/mol. The average Bonchev–Trinajstić information content (AvgIpc) is 2.25. The summed E-state index contributed by atoms with van der Waals surface area (Å²) >= 11 is 6.25. The van der Waals surface area contributed by atoms with Crippen LogP contribution in [0, 0.1) is 0 Å². The second-order valence-corrected chi connectivity index (χ2v) is 4.97. The van der Waals surface area contributed by atoms with Crippen LogP contribution in [0.25, 0.3) is 0 Å². The SMILES string of the molecule is CCCCc1ccc(CNC(C)C)cc1Cl. The van der Waals surface area contributed by atoms with Crippen molar-refractivity contribution in [3.63, 3.8) is 0 Å². The summed E-state index contributed by atoms with van der Waals surface area (Å²) in [6.07, 6.45) is 3.52. The van der Waals surface area contributed by atoms with Gasteiger partial charge in [-0.25, -0.2) is 0 Å². The van der Waals surface area contributed by atoms with Crippen molar-refractivity contribution in [1.29, 1.82) is 0 Å². The Balaban J connectivity index is 2.59. The van der Waals surface area contributed by atoms with Crippen LogP contribution in [0.3, 0.4) is 0 Å². The van der Waals surface area contributed by atoms with Gasteiger partial charge < -0.3 is 5.32 Å². The molecule has 1 aromatic rings. The second kappa shape index (κ2) is 6.93. The number of halogens is 1. The van der Waals surface area contributed by atoms with E-state index in [-0.39, 0.29) is 0 Å². The van der Waals surface area contributed by atoms with Crippen molar-refractivity contribution in [2.45, 2.75) is 52.6 Å². The first kappa shape index (κ1) is 13.5. The third-order valence-electron chi connectivity index (χ3n) is 2.63. The molecule has 90 valence electrons. The highest BCUT2D eigenvalue weighted by atomic mass is 35.5. The molecule has 1 N–H and O–H groups in total. The van der Waals surface area contributed by atoms with E-state index in [9.17, 15) is 0 Å². The largest absolute Gasteiger partial charge is 0.310 e. The maximum Gasteiger partial charge on any atom is 0.0441 e. The summed E-state index contributed by atoms with van der Waals surface area (Å²) in [5, 5.41) is 4.31. The lowest BCUT2D eigenvalue weighted by molar-refractivity contribution is 0.589. The normalized spacial score (nSPS) is 11.1. The van der Waals surface area contributed by atoms with E-state index in [4.69, 9.17) is 11.6 Å². The highest BCUT2D eigenvalue weighted by molar-refractivity contribution is 6.31. The maximum atomic E-state index is 6.25. The summed E-state index contributed by atoms with van der Waals surface area (Å²) in [6, 6.07) is 6.93. The lowest BCUT2D eigenvalue weighted by Crippen LogP contribution is -2.21. The minimum Gasteiger partial charge on any atom is -0.310 e. The first-order valence-electron chi connectivity index (χ1n) is 6.14. The third-order valence-corrected chi connectivity index (χ3v) is 2.98. The number of nitrogens with one attached hydrogen (secondary N) is 1. The summed E-state index contributed by atoms with van der Waals surface area (Å²) in [6.45, 7) is 7.40. The fourth-order valence-electron chi connectivity index (χ4n) is 1.59. The van der Waals surface area contributed by atoms with Gasteiger partial charge >= 0.3 is 0 Å². The summed E-state index contributed by atoms with van der Waals surface area (Å²) < 4.78 is 0. The maximum absolute atomic E-state index is 6.25. The molecule has 0 amide bonds. The summed E-state index contributed by atoms with van der Waals surface area (Å²) in [5.41, 5.74) is 2.54. The third kappa shape index (κ3) is 4.54. The molecule has 0 unspecified atom stereocenters. The van der Waals surface area contributed by atoms with E-state index in [0.29, 0.717) is 6.04 Å². The molecule has 0 saturated carbocycles. The van der Waals surface area contributed by atoms with Gasteiger partial charge in [-0.3, -0.25) is 0 Å². The molecule has 2 heteroatoms. The van der Waals surface area contributed by atoms with Crippen LogP contribution in [0.1, 0.15) is 44.7 Å². The van der Waals surface area contributed by atoms with Crippen LogP contribution in [-0.2, 0) is 13.0 Å². The van der Waals surface area contributed by atoms with Crippen LogP contribution in [-0.4, -0.2) is 6.04 Å². The Hall–Kier alpha value is -0.530. The number of hydrogen-bond acceptors (Lipinski definition) is 1. The molecule has 0 bridgehead atoms. The standard InChI is InChI=1S/C14H22ClN/c1-4-5-6-13-8-7-12(9-14(13)15)10-16-11(2)3/h7-9,11,16H,4-6,10H2,1-3H3. The Morgan fingerprint density at radius 1 is 1.31 bits per heavy atom. The van der Waals surface area contributed by atoms with Crippen LogP contribution < -0.4 is 5.32 Å². The molecule has 0 aliphatic rings. The molecule has 0 heterocycles. The molecule has 0 aliphatic heterocycles. The topological polar surface area (TPSA) is 12.0 Å². The van der Waals surface area contributed by atoms with E-state index in [0.717, 1.165) is 18.0 Å². The molecular weight excluding hydrogens is 218 g/mol. The molecule has 0 spiro atoms. The lowest BCUT2D eigenvalue weighted by atomic mass is 10.1. The van der Waals surface area contributed by atoms with Gasteiger partial charge in [-0.2, -0.15) is 0 Å². The second-order valence-electron chi connectivity index (χ2n) is 4.56. The molecule has 0 aromatic heterocycles. The smallest absolute Gasteiger partial charge is 0.0441 e. The number of hydrogen-bond donors (Lipinski definition) is 1. The van der Waals surface area contributed by atoms with Crippen molar-refractivity contribution < 1.29 is 0 Å². The summed E-state index contributed by atoms with van der Waals surface area (Å²) in [4.78, 5) is 0. The van der Waals surface area contributed by atoms with Gasteiger partial charge in [-0.1, -0.05) is 50.9 Å². The fraction of sp³-hybridized carbons (Fsp3) is 0.571. The van der Waals surface area contributed by atoms with Crippen molar-refractivity contribution in [3.8, 4) is 0 Å². The number of rotatable bonds is 6. The minimum atomic E-state index is 0.513. The van der Waals surface area contributed by atoms with Crippen molar-refractivity contribution in [3.05, 3.63) is 34.3 Å². The van der Waals surface area contributed by atoms with Crippen LogP contribution >= 0.6 is 11.6 Å². The van der Waals surface area contributed by atoms with Crippen LogP contribution in [0.2, 0.25) is 5.02 Å². The number of aryl methyl sites for hydroxylation is 1. The van der Waals surface area contributed by atoms with E-state index >= 15 is 0 Å². The quantitative estimate of drug-likeness (QED) is 0.785. The van der Waals surface area contributed by atoms with E-state index in [1.165, 1.54) is 24.0 Å². The van der Waals surface area contributed by atoms with Gasteiger partial charge in [0.15, 0.2) is 0 Å². The van der Waals surface area contributed by atoms with Gasteiger partial charge in [0.2, 0.25) is 0 Å².